The highest BCUT2D eigenvalue weighted by Crippen LogP contribution is 2.21. The number of likely N-dealkylation sites (tertiary alicyclic amines) is 1. The van der Waals surface area contributed by atoms with E-state index in [2.05, 4.69) is 10.0 Å². The summed E-state index contributed by atoms with van der Waals surface area (Å²) >= 11 is 0. The summed E-state index contributed by atoms with van der Waals surface area (Å²) in [6, 6.07) is 19.6. The second-order valence-electron chi connectivity index (χ2n) is 7.93. The van der Waals surface area contributed by atoms with Crippen molar-refractivity contribution >= 4 is 33.2 Å². The molecular formula is C25H25N3O5S. The molecule has 1 aliphatic heterocycles. The van der Waals surface area contributed by atoms with Gasteiger partial charge in [-0.1, -0.05) is 12.1 Å². The molecule has 8 nitrogen and oxygen atoms in total. The summed E-state index contributed by atoms with van der Waals surface area (Å²) in [4.78, 5) is 26.4. The Bertz CT molecular complexity index is 1290. The number of nitrogens with one attached hydrogen (secondary N) is 2. The smallest absolute Gasteiger partial charge is 0.261 e. The first-order valence-electron chi connectivity index (χ1n) is 10.8. The van der Waals surface area contributed by atoms with Gasteiger partial charge in [0.05, 0.1) is 12.0 Å². The summed E-state index contributed by atoms with van der Waals surface area (Å²) in [5.74, 6) is 0.404. The molecule has 0 spiro atoms. The van der Waals surface area contributed by atoms with E-state index in [1.54, 1.807) is 35.2 Å². The van der Waals surface area contributed by atoms with Gasteiger partial charge in [0.25, 0.3) is 15.9 Å². The second-order valence-corrected chi connectivity index (χ2v) is 9.61. The number of hydrogen-bond donors (Lipinski definition) is 2. The number of carbonyl (C=O) groups excluding carboxylic acids is 2. The van der Waals surface area contributed by atoms with Gasteiger partial charge in [-0.2, -0.15) is 0 Å². The lowest BCUT2D eigenvalue weighted by molar-refractivity contribution is -0.128. The number of anilines is 2. The SMILES string of the molecule is COc1ccc(NS(=O)(=O)c2ccc(C(=O)Nc3cccc(CN4CCCC4=O)c3)cc2)cc1. The van der Waals surface area contributed by atoms with Crippen LogP contribution in [0.2, 0.25) is 0 Å². The molecule has 0 radical (unpaired) electrons. The van der Waals surface area contributed by atoms with E-state index < -0.39 is 10.0 Å². The van der Waals surface area contributed by atoms with Gasteiger partial charge in [-0.05, 0) is 72.6 Å². The minimum Gasteiger partial charge on any atom is -0.497 e. The lowest BCUT2D eigenvalue weighted by Gasteiger charge is -2.16. The van der Waals surface area contributed by atoms with Gasteiger partial charge in [-0.25, -0.2) is 8.42 Å². The standard InChI is InChI=1S/C25H25N3O5S/c1-33-22-11-9-20(10-12-22)27-34(31,32)23-13-7-19(8-14-23)25(30)26-21-5-2-4-18(16-21)17-28-15-3-6-24(28)29/h2,4-5,7-14,16,27H,3,6,15,17H2,1H3,(H,26,30). The van der Waals surface area contributed by atoms with E-state index in [9.17, 15) is 18.0 Å². The Hall–Kier alpha value is -3.85. The molecule has 1 heterocycles. The van der Waals surface area contributed by atoms with Crippen molar-refractivity contribution in [2.24, 2.45) is 0 Å². The molecule has 0 unspecified atom stereocenters. The van der Waals surface area contributed by atoms with Gasteiger partial charge in [0.2, 0.25) is 5.91 Å². The Morgan fingerprint density at radius 2 is 1.74 bits per heavy atom. The van der Waals surface area contributed by atoms with E-state index in [1.165, 1.54) is 31.4 Å². The van der Waals surface area contributed by atoms with Gasteiger partial charge >= 0.3 is 0 Å². The summed E-state index contributed by atoms with van der Waals surface area (Å²) in [6.07, 6.45) is 1.45. The maximum atomic E-state index is 12.7. The predicted molar refractivity (Wildman–Crippen MR) is 129 cm³/mol. The van der Waals surface area contributed by atoms with Crippen LogP contribution in [-0.4, -0.2) is 38.8 Å². The summed E-state index contributed by atoms with van der Waals surface area (Å²) in [7, 11) is -2.28. The molecule has 176 valence electrons. The van der Waals surface area contributed by atoms with Crippen LogP contribution in [0.3, 0.4) is 0 Å². The summed E-state index contributed by atoms with van der Waals surface area (Å²) in [5.41, 5.74) is 2.26. The molecule has 1 saturated heterocycles. The minimum atomic E-state index is -3.81. The lowest BCUT2D eigenvalue weighted by Crippen LogP contribution is -2.23. The average molecular weight is 480 g/mol. The molecule has 0 saturated carbocycles. The number of amides is 2. The van der Waals surface area contributed by atoms with E-state index in [0.717, 1.165) is 18.5 Å². The molecule has 0 atom stereocenters. The van der Waals surface area contributed by atoms with Crippen molar-refractivity contribution in [1.29, 1.82) is 0 Å². The van der Waals surface area contributed by atoms with Gasteiger partial charge in [0, 0.05) is 36.4 Å². The van der Waals surface area contributed by atoms with Gasteiger partial charge in [0.1, 0.15) is 5.75 Å². The van der Waals surface area contributed by atoms with Crippen molar-refractivity contribution < 1.29 is 22.7 Å². The van der Waals surface area contributed by atoms with Crippen LogP contribution in [0.1, 0.15) is 28.8 Å². The topological polar surface area (TPSA) is 105 Å². The number of sulfonamides is 1. The van der Waals surface area contributed by atoms with E-state index in [1.807, 2.05) is 18.2 Å². The minimum absolute atomic E-state index is 0.0390. The second kappa shape index (κ2) is 9.96. The number of benzene rings is 3. The highest BCUT2D eigenvalue weighted by molar-refractivity contribution is 7.92. The zero-order valence-corrected chi connectivity index (χ0v) is 19.5. The summed E-state index contributed by atoms with van der Waals surface area (Å²) in [6.45, 7) is 1.26. The zero-order chi connectivity index (χ0) is 24.1. The third kappa shape index (κ3) is 5.55. The van der Waals surface area contributed by atoms with Crippen molar-refractivity contribution in [3.05, 3.63) is 83.9 Å². The molecule has 4 rings (SSSR count). The maximum absolute atomic E-state index is 12.7. The van der Waals surface area contributed by atoms with Crippen molar-refractivity contribution in [2.45, 2.75) is 24.3 Å². The summed E-state index contributed by atoms with van der Waals surface area (Å²) in [5, 5.41) is 2.82. The molecule has 34 heavy (non-hydrogen) atoms. The van der Waals surface area contributed by atoms with Gasteiger partial charge in [-0.15, -0.1) is 0 Å². The first-order valence-corrected chi connectivity index (χ1v) is 12.3. The van der Waals surface area contributed by atoms with Crippen LogP contribution in [0.4, 0.5) is 11.4 Å². The van der Waals surface area contributed by atoms with Crippen molar-refractivity contribution in [1.82, 2.24) is 4.90 Å². The monoisotopic (exact) mass is 479 g/mol. The van der Waals surface area contributed by atoms with Gasteiger partial charge in [-0.3, -0.25) is 14.3 Å². The largest absolute Gasteiger partial charge is 0.497 e. The number of rotatable bonds is 8. The maximum Gasteiger partial charge on any atom is 0.261 e. The van der Waals surface area contributed by atoms with Gasteiger partial charge in [0.15, 0.2) is 0 Å². The third-order valence-corrected chi connectivity index (χ3v) is 6.90. The number of carbonyl (C=O) groups is 2. The molecule has 2 amide bonds. The van der Waals surface area contributed by atoms with Gasteiger partial charge < -0.3 is 15.0 Å². The normalized spacial score (nSPS) is 13.6. The van der Waals surface area contributed by atoms with Crippen molar-refractivity contribution in [2.75, 3.05) is 23.7 Å². The van der Waals surface area contributed by atoms with Crippen LogP contribution in [0.15, 0.2) is 77.7 Å². The first-order chi connectivity index (χ1) is 16.3. The lowest BCUT2D eigenvalue weighted by atomic mass is 10.1. The molecule has 0 bridgehead atoms. The van der Waals surface area contributed by atoms with E-state index in [0.29, 0.717) is 35.7 Å². The Balaban J connectivity index is 1.40. The molecule has 1 aliphatic rings. The molecule has 1 fully saturated rings. The highest BCUT2D eigenvalue weighted by Gasteiger charge is 2.20. The van der Waals surface area contributed by atoms with Crippen molar-refractivity contribution in [3.8, 4) is 5.75 Å². The van der Waals surface area contributed by atoms with Crippen LogP contribution < -0.4 is 14.8 Å². The Kier molecular flexibility index (Phi) is 6.83. The molecule has 2 N–H and O–H groups in total. The molecule has 3 aromatic carbocycles. The Labute approximate surface area is 198 Å². The third-order valence-electron chi connectivity index (χ3n) is 5.50. The fourth-order valence-electron chi connectivity index (χ4n) is 3.70. The van der Waals surface area contributed by atoms with E-state index in [4.69, 9.17) is 4.74 Å². The van der Waals surface area contributed by atoms with E-state index in [-0.39, 0.29) is 16.7 Å². The van der Waals surface area contributed by atoms with Crippen LogP contribution in [0.25, 0.3) is 0 Å². The zero-order valence-electron chi connectivity index (χ0n) is 18.7. The number of hydrogen-bond acceptors (Lipinski definition) is 5. The van der Waals surface area contributed by atoms with Crippen LogP contribution >= 0.6 is 0 Å². The average Bonchev–Trinajstić information content (AvgIpc) is 3.24. The van der Waals surface area contributed by atoms with E-state index >= 15 is 0 Å². The molecule has 3 aromatic rings. The Morgan fingerprint density at radius 1 is 1.00 bits per heavy atom. The number of nitrogens with zero attached hydrogens (tertiary/aromatic N) is 1. The number of ether oxygens (including phenoxy) is 1. The van der Waals surface area contributed by atoms with Crippen LogP contribution in [0, 0.1) is 0 Å². The van der Waals surface area contributed by atoms with Crippen LogP contribution in [-0.2, 0) is 21.4 Å². The molecule has 9 heteroatoms. The first kappa shape index (κ1) is 23.3. The fourth-order valence-corrected chi connectivity index (χ4v) is 4.76. The highest BCUT2D eigenvalue weighted by atomic mass is 32.2. The summed E-state index contributed by atoms with van der Waals surface area (Å²) < 4.78 is 32.9. The molecular weight excluding hydrogens is 454 g/mol. The quantitative estimate of drug-likeness (QED) is 0.510. The molecule has 0 aliphatic carbocycles. The predicted octanol–water partition coefficient (Wildman–Crippen LogP) is 3.87. The Morgan fingerprint density at radius 3 is 2.38 bits per heavy atom. The van der Waals surface area contributed by atoms with Crippen LogP contribution in [0.5, 0.6) is 5.75 Å². The fraction of sp³-hybridized carbons (Fsp3) is 0.200. The molecule has 0 aromatic heterocycles. The number of methoxy groups -OCH3 is 1. The van der Waals surface area contributed by atoms with Crippen molar-refractivity contribution in [3.63, 3.8) is 0 Å².